The summed E-state index contributed by atoms with van der Waals surface area (Å²) in [5.41, 5.74) is 0.804. The van der Waals surface area contributed by atoms with Crippen molar-refractivity contribution in [2.45, 2.75) is 31.9 Å². The molecule has 1 aromatic rings. The molecule has 0 unspecified atom stereocenters. The minimum Gasteiger partial charge on any atom is -0.481 e. The highest BCUT2D eigenvalue weighted by molar-refractivity contribution is 5.74. The van der Waals surface area contributed by atoms with Gasteiger partial charge in [0.2, 0.25) is 5.88 Å². The fraction of sp³-hybridized carbons (Fsp3) is 0.538. The van der Waals surface area contributed by atoms with Crippen LogP contribution in [0.4, 0.5) is 13.6 Å². The Labute approximate surface area is 115 Å². The predicted octanol–water partition coefficient (Wildman–Crippen LogP) is 2.03. The van der Waals surface area contributed by atoms with Crippen LogP contribution in [-0.2, 0) is 6.54 Å². The Balaban J connectivity index is 1.91. The lowest BCUT2D eigenvalue weighted by molar-refractivity contribution is 0.0606. The fourth-order valence-corrected chi connectivity index (χ4v) is 2.26. The Morgan fingerprint density at radius 3 is 3.15 bits per heavy atom. The Bertz CT molecular complexity index is 471. The average molecular weight is 285 g/mol. The van der Waals surface area contributed by atoms with Gasteiger partial charge >= 0.3 is 6.03 Å². The van der Waals surface area contributed by atoms with Crippen molar-refractivity contribution in [2.24, 2.45) is 0 Å². The number of nitrogens with zero attached hydrogens (tertiary/aromatic N) is 2. The van der Waals surface area contributed by atoms with Gasteiger partial charge in [0.1, 0.15) is 0 Å². The van der Waals surface area contributed by atoms with E-state index in [9.17, 15) is 13.6 Å². The van der Waals surface area contributed by atoms with Crippen LogP contribution in [0, 0.1) is 0 Å². The molecule has 1 atom stereocenters. The van der Waals surface area contributed by atoms with Gasteiger partial charge in [0.05, 0.1) is 13.2 Å². The quantitative estimate of drug-likeness (QED) is 0.921. The van der Waals surface area contributed by atoms with Gasteiger partial charge in [-0.05, 0) is 24.5 Å². The first-order valence-electron chi connectivity index (χ1n) is 6.43. The molecule has 1 aliphatic rings. The number of hydrogen-bond acceptors (Lipinski definition) is 3. The molecule has 20 heavy (non-hydrogen) atoms. The lowest BCUT2D eigenvalue weighted by Gasteiger charge is -2.24. The summed E-state index contributed by atoms with van der Waals surface area (Å²) in [5.74, 6) is 0.448. The van der Waals surface area contributed by atoms with Crippen molar-refractivity contribution in [3.63, 3.8) is 0 Å². The summed E-state index contributed by atoms with van der Waals surface area (Å²) < 4.78 is 30.5. The van der Waals surface area contributed by atoms with Gasteiger partial charge in [-0.1, -0.05) is 0 Å². The third-order valence-corrected chi connectivity index (χ3v) is 3.30. The molecule has 2 rings (SSSR count). The van der Waals surface area contributed by atoms with Gasteiger partial charge in [0.25, 0.3) is 6.43 Å². The number of alkyl halides is 2. The molecule has 1 fully saturated rings. The lowest BCUT2D eigenvalue weighted by atomic mass is 10.2. The topological polar surface area (TPSA) is 54.5 Å². The number of likely N-dealkylation sites (tertiary alicyclic amines) is 1. The van der Waals surface area contributed by atoms with Gasteiger partial charge in [0.15, 0.2) is 0 Å². The van der Waals surface area contributed by atoms with Gasteiger partial charge in [-0.2, -0.15) is 0 Å². The third kappa shape index (κ3) is 3.34. The highest BCUT2D eigenvalue weighted by Crippen LogP contribution is 2.22. The first-order valence-corrected chi connectivity index (χ1v) is 6.43. The number of nitrogens with one attached hydrogen (secondary N) is 1. The molecule has 1 saturated heterocycles. The van der Waals surface area contributed by atoms with Gasteiger partial charge in [-0.15, -0.1) is 0 Å². The molecule has 1 aliphatic heterocycles. The number of pyridine rings is 1. The molecular weight excluding hydrogens is 268 g/mol. The molecule has 1 N–H and O–H groups in total. The number of urea groups is 1. The van der Waals surface area contributed by atoms with Crippen molar-refractivity contribution in [3.8, 4) is 5.88 Å². The molecular formula is C13H17F2N3O2. The number of carbonyl (C=O) groups excluding carboxylic acids is 1. The van der Waals surface area contributed by atoms with Crippen molar-refractivity contribution in [1.29, 1.82) is 0 Å². The summed E-state index contributed by atoms with van der Waals surface area (Å²) in [6.45, 7) is 0.630. The maximum absolute atomic E-state index is 12.8. The van der Waals surface area contributed by atoms with E-state index in [1.54, 1.807) is 18.3 Å². The van der Waals surface area contributed by atoms with Crippen molar-refractivity contribution < 1.29 is 18.3 Å². The Kier molecular flexibility index (Phi) is 4.70. The van der Waals surface area contributed by atoms with Crippen LogP contribution < -0.4 is 10.1 Å². The Morgan fingerprint density at radius 2 is 2.45 bits per heavy atom. The van der Waals surface area contributed by atoms with E-state index in [0.29, 0.717) is 25.3 Å². The second-order valence-corrected chi connectivity index (χ2v) is 4.60. The Hall–Kier alpha value is -1.92. The smallest absolute Gasteiger partial charge is 0.318 e. The van der Waals surface area contributed by atoms with Gasteiger partial charge in [-0.25, -0.2) is 18.6 Å². The standard InChI is InChI=1S/C13H17F2N3O2/c1-20-11-7-9(4-5-16-11)8-17-13(19)18-6-2-3-10(18)12(14)15/h4-5,7,10,12H,2-3,6,8H2,1H3,(H,17,19)/t10-/m0/s1. The molecule has 1 aromatic heterocycles. The zero-order valence-corrected chi connectivity index (χ0v) is 11.2. The van der Waals surface area contributed by atoms with E-state index in [-0.39, 0.29) is 6.54 Å². The summed E-state index contributed by atoms with van der Waals surface area (Å²) in [5, 5.41) is 2.65. The summed E-state index contributed by atoms with van der Waals surface area (Å²) in [6.07, 6.45) is 0.0434. The first-order chi connectivity index (χ1) is 9.61. The molecule has 2 heterocycles. The second-order valence-electron chi connectivity index (χ2n) is 4.60. The van der Waals surface area contributed by atoms with Crippen LogP contribution in [0.15, 0.2) is 18.3 Å². The van der Waals surface area contributed by atoms with Gasteiger partial charge < -0.3 is 15.0 Å². The minimum absolute atomic E-state index is 0.254. The molecule has 0 radical (unpaired) electrons. The summed E-state index contributed by atoms with van der Waals surface area (Å²) in [7, 11) is 1.50. The number of hydrogen-bond donors (Lipinski definition) is 1. The van der Waals surface area contributed by atoms with Crippen LogP contribution >= 0.6 is 0 Å². The highest BCUT2D eigenvalue weighted by Gasteiger charge is 2.34. The van der Waals surface area contributed by atoms with E-state index in [1.165, 1.54) is 12.0 Å². The van der Waals surface area contributed by atoms with Crippen molar-refractivity contribution in [2.75, 3.05) is 13.7 Å². The highest BCUT2D eigenvalue weighted by atomic mass is 19.3. The third-order valence-electron chi connectivity index (χ3n) is 3.30. The summed E-state index contributed by atoms with van der Waals surface area (Å²) in [6, 6.07) is 2.00. The molecule has 0 saturated carbocycles. The summed E-state index contributed by atoms with van der Waals surface area (Å²) >= 11 is 0. The van der Waals surface area contributed by atoms with Crippen molar-refractivity contribution in [3.05, 3.63) is 23.9 Å². The van der Waals surface area contributed by atoms with Crippen LogP contribution in [0.3, 0.4) is 0 Å². The van der Waals surface area contributed by atoms with Crippen LogP contribution in [0.25, 0.3) is 0 Å². The van der Waals surface area contributed by atoms with Crippen molar-refractivity contribution >= 4 is 6.03 Å². The molecule has 0 spiro atoms. The zero-order chi connectivity index (χ0) is 14.5. The molecule has 0 aromatic carbocycles. The van der Waals surface area contributed by atoms with E-state index in [4.69, 9.17) is 4.74 Å². The molecule has 7 heteroatoms. The number of aromatic nitrogens is 1. The lowest BCUT2D eigenvalue weighted by Crippen LogP contribution is -2.45. The van der Waals surface area contributed by atoms with E-state index in [1.807, 2.05) is 0 Å². The number of carbonyl (C=O) groups is 1. The largest absolute Gasteiger partial charge is 0.481 e. The Morgan fingerprint density at radius 1 is 1.65 bits per heavy atom. The predicted molar refractivity (Wildman–Crippen MR) is 68.8 cm³/mol. The minimum atomic E-state index is -2.50. The molecule has 5 nitrogen and oxygen atoms in total. The molecule has 2 amide bonds. The number of amides is 2. The molecule has 110 valence electrons. The maximum Gasteiger partial charge on any atom is 0.318 e. The second kappa shape index (κ2) is 6.49. The van der Waals surface area contributed by atoms with Crippen LogP contribution in [0.1, 0.15) is 18.4 Å². The summed E-state index contributed by atoms with van der Waals surface area (Å²) in [4.78, 5) is 17.1. The zero-order valence-electron chi connectivity index (χ0n) is 11.2. The maximum atomic E-state index is 12.8. The van der Waals surface area contributed by atoms with Crippen LogP contribution in [0.5, 0.6) is 5.88 Å². The molecule has 0 bridgehead atoms. The number of methoxy groups -OCH3 is 1. The van der Waals surface area contributed by atoms with Crippen molar-refractivity contribution in [1.82, 2.24) is 15.2 Å². The monoisotopic (exact) mass is 285 g/mol. The number of ether oxygens (including phenoxy) is 1. The van der Waals surface area contributed by atoms with E-state index in [0.717, 1.165) is 5.56 Å². The van der Waals surface area contributed by atoms with Crippen LogP contribution in [0.2, 0.25) is 0 Å². The van der Waals surface area contributed by atoms with Crippen LogP contribution in [-0.4, -0.2) is 42.0 Å². The van der Waals surface area contributed by atoms with E-state index >= 15 is 0 Å². The fourth-order valence-electron chi connectivity index (χ4n) is 2.26. The SMILES string of the molecule is COc1cc(CNC(=O)N2CCC[C@H]2C(F)F)ccn1. The first kappa shape index (κ1) is 14.5. The number of rotatable bonds is 4. The average Bonchev–Trinajstić information content (AvgIpc) is 2.94. The molecule has 0 aliphatic carbocycles. The number of halogens is 2. The van der Waals surface area contributed by atoms with Gasteiger partial charge in [0, 0.05) is 25.4 Å². The van der Waals surface area contributed by atoms with E-state index < -0.39 is 18.5 Å². The normalized spacial score (nSPS) is 18.4. The van der Waals surface area contributed by atoms with E-state index in [2.05, 4.69) is 10.3 Å². The van der Waals surface area contributed by atoms with Gasteiger partial charge in [-0.3, -0.25) is 0 Å².